The van der Waals surface area contributed by atoms with Crippen LogP contribution in [0.15, 0.2) is 29.0 Å². The molecule has 0 saturated heterocycles. The fourth-order valence-corrected chi connectivity index (χ4v) is 1.80. The molecule has 0 aliphatic rings. The number of hydrogen-bond acceptors (Lipinski definition) is 5. The average molecular weight is 365 g/mol. The monoisotopic (exact) mass is 363 g/mol. The van der Waals surface area contributed by atoms with Gasteiger partial charge in [-0.25, -0.2) is 9.97 Å². The molecule has 0 radical (unpaired) electrons. The standard InChI is InChI=1S/C10H4BrCl2N3O3/c11-8-9(13)14-4-15-10(8)19-7-2-1-5(12)3-6(7)16(17)18/h1-4H. The molecule has 19 heavy (non-hydrogen) atoms. The lowest BCUT2D eigenvalue weighted by Crippen LogP contribution is -1.96. The Labute approximate surface area is 125 Å². The summed E-state index contributed by atoms with van der Waals surface area (Å²) in [6.07, 6.45) is 1.18. The minimum Gasteiger partial charge on any atom is -0.430 e. The van der Waals surface area contributed by atoms with Crippen LogP contribution in [-0.2, 0) is 0 Å². The van der Waals surface area contributed by atoms with E-state index in [0.717, 1.165) is 0 Å². The van der Waals surface area contributed by atoms with Gasteiger partial charge in [0.25, 0.3) is 0 Å². The maximum atomic E-state index is 10.9. The molecule has 0 bridgehead atoms. The molecular weight excluding hydrogens is 361 g/mol. The summed E-state index contributed by atoms with van der Waals surface area (Å²) in [5.41, 5.74) is -0.269. The highest BCUT2D eigenvalue weighted by Gasteiger charge is 2.18. The minimum absolute atomic E-state index is 0.00451. The molecule has 1 aromatic carbocycles. The third-order valence-corrected chi connectivity index (χ3v) is 3.50. The number of halogens is 3. The van der Waals surface area contributed by atoms with Crippen LogP contribution in [0.4, 0.5) is 5.69 Å². The predicted octanol–water partition coefficient (Wildman–Crippen LogP) is 4.25. The number of nitro benzene ring substituents is 1. The van der Waals surface area contributed by atoms with Gasteiger partial charge in [-0.3, -0.25) is 10.1 Å². The van der Waals surface area contributed by atoms with E-state index < -0.39 is 4.92 Å². The van der Waals surface area contributed by atoms with Gasteiger partial charge >= 0.3 is 5.69 Å². The first-order chi connectivity index (χ1) is 8.99. The highest BCUT2D eigenvalue weighted by atomic mass is 79.9. The van der Waals surface area contributed by atoms with Gasteiger partial charge < -0.3 is 4.74 Å². The van der Waals surface area contributed by atoms with Crippen LogP contribution in [0.2, 0.25) is 10.2 Å². The largest absolute Gasteiger partial charge is 0.430 e. The number of rotatable bonds is 3. The summed E-state index contributed by atoms with van der Waals surface area (Å²) in [5, 5.41) is 11.3. The van der Waals surface area contributed by atoms with Crippen LogP contribution in [0, 0.1) is 10.1 Å². The molecule has 0 amide bonds. The van der Waals surface area contributed by atoms with Gasteiger partial charge in [-0.2, -0.15) is 0 Å². The summed E-state index contributed by atoms with van der Waals surface area (Å²) < 4.78 is 5.66. The van der Waals surface area contributed by atoms with Crippen molar-refractivity contribution in [1.82, 2.24) is 9.97 Å². The Bertz CT molecular complexity index is 654. The highest BCUT2D eigenvalue weighted by molar-refractivity contribution is 9.10. The van der Waals surface area contributed by atoms with E-state index in [1.807, 2.05) is 0 Å². The van der Waals surface area contributed by atoms with Crippen molar-refractivity contribution in [2.45, 2.75) is 0 Å². The SMILES string of the molecule is O=[N+]([O-])c1cc(Cl)ccc1Oc1ncnc(Cl)c1Br. The molecule has 9 heteroatoms. The zero-order valence-electron chi connectivity index (χ0n) is 9.01. The maximum absolute atomic E-state index is 10.9. The van der Waals surface area contributed by atoms with Crippen LogP contribution >= 0.6 is 39.1 Å². The van der Waals surface area contributed by atoms with Crippen LogP contribution in [0.3, 0.4) is 0 Å². The highest BCUT2D eigenvalue weighted by Crippen LogP contribution is 2.36. The molecule has 0 N–H and O–H groups in total. The second-order valence-electron chi connectivity index (χ2n) is 3.25. The van der Waals surface area contributed by atoms with Gasteiger partial charge in [-0.1, -0.05) is 23.2 Å². The van der Waals surface area contributed by atoms with Crippen molar-refractivity contribution >= 4 is 44.8 Å². The van der Waals surface area contributed by atoms with Crippen LogP contribution in [0.1, 0.15) is 0 Å². The van der Waals surface area contributed by atoms with Crippen LogP contribution in [-0.4, -0.2) is 14.9 Å². The number of nitrogens with zero attached hydrogens (tertiary/aromatic N) is 3. The van der Waals surface area contributed by atoms with Crippen molar-refractivity contribution in [2.75, 3.05) is 0 Å². The van der Waals surface area contributed by atoms with E-state index in [4.69, 9.17) is 27.9 Å². The summed E-state index contributed by atoms with van der Waals surface area (Å²) in [6.45, 7) is 0. The first-order valence-corrected chi connectivity index (χ1v) is 6.31. The molecular formula is C10H4BrCl2N3O3. The molecule has 0 unspecified atom stereocenters. The number of aromatic nitrogens is 2. The predicted molar refractivity (Wildman–Crippen MR) is 72.9 cm³/mol. The summed E-state index contributed by atoms with van der Waals surface area (Å²) in [5.74, 6) is 0.0790. The van der Waals surface area contributed by atoms with E-state index in [9.17, 15) is 10.1 Å². The summed E-state index contributed by atoms with van der Waals surface area (Å²) in [7, 11) is 0. The van der Waals surface area contributed by atoms with Crippen molar-refractivity contribution in [3.05, 3.63) is 49.3 Å². The Morgan fingerprint density at radius 3 is 2.74 bits per heavy atom. The molecule has 2 aromatic rings. The smallest absolute Gasteiger partial charge is 0.313 e. The molecule has 0 atom stereocenters. The van der Waals surface area contributed by atoms with Crippen LogP contribution in [0.25, 0.3) is 0 Å². The fraction of sp³-hybridized carbons (Fsp3) is 0. The van der Waals surface area contributed by atoms with E-state index in [1.165, 1.54) is 24.5 Å². The lowest BCUT2D eigenvalue weighted by Gasteiger charge is -2.07. The number of nitro groups is 1. The summed E-state index contributed by atoms with van der Waals surface area (Å²) in [6, 6.07) is 4.04. The zero-order valence-corrected chi connectivity index (χ0v) is 12.1. The van der Waals surface area contributed by atoms with Gasteiger partial charge in [-0.05, 0) is 28.1 Å². The van der Waals surface area contributed by atoms with Crippen LogP contribution in [0.5, 0.6) is 11.6 Å². The molecule has 98 valence electrons. The number of benzene rings is 1. The van der Waals surface area contributed by atoms with Crippen molar-refractivity contribution < 1.29 is 9.66 Å². The minimum atomic E-state index is -0.599. The molecule has 6 nitrogen and oxygen atoms in total. The first kappa shape index (κ1) is 14.0. The Morgan fingerprint density at radius 1 is 1.32 bits per heavy atom. The first-order valence-electron chi connectivity index (χ1n) is 4.77. The van der Waals surface area contributed by atoms with Crippen LogP contribution < -0.4 is 4.74 Å². The molecule has 0 saturated carbocycles. The summed E-state index contributed by atoms with van der Waals surface area (Å²) >= 11 is 14.6. The van der Waals surface area contributed by atoms with Gasteiger partial charge in [-0.15, -0.1) is 0 Å². The molecule has 2 rings (SSSR count). The summed E-state index contributed by atoms with van der Waals surface area (Å²) in [4.78, 5) is 17.9. The van der Waals surface area contributed by atoms with E-state index in [0.29, 0.717) is 4.47 Å². The van der Waals surface area contributed by atoms with E-state index in [2.05, 4.69) is 25.9 Å². The number of hydrogen-bond donors (Lipinski definition) is 0. The van der Waals surface area contributed by atoms with E-state index >= 15 is 0 Å². The maximum Gasteiger partial charge on any atom is 0.313 e. The number of ether oxygens (including phenoxy) is 1. The third kappa shape index (κ3) is 3.12. The van der Waals surface area contributed by atoms with Gasteiger partial charge in [0.15, 0.2) is 5.15 Å². The Balaban J connectivity index is 2.44. The molecule has 1 aromatic heterocycles. The second kappa shape index (κ2) is 5.68. The molecule has 0 fully saturated rings. The van der Waals surface area contributed by atoms with Crippen molar-refractivity contribution in [2.24, 2.45) is 0 Å². The topological polar surface area (TPSA) is 78.2 Å². The lowest BCUT2D eigenvalue weighted by molar-refractivity contribution is -0.385. The van der Waals surface area contributed by atoms with Gasteiger partial charge in [0.05, 0.1) is 4.92 Å². The molecule has 0 aliphatic heterocycles. The van der Waals surface area contributed by atoms with E-state index in [-0.39, 0.29) is 27.5 Å². The lowest BCUT2D eigenvalue weighted by atomic mass is 10.3. The van der Waals surface area contributed by atoms with Crippen molar-refractivity contribution in [3.63, 3.8) is 0 Å². The Hall–Kier alpha value is -1.44. The normalized spacial score (nSPS) is 10.3. The fourth-order valence-electron chi connectivity index (χ4n) is 1.23. The Kier molecular flexibility index (Phi) is 4.18. The third-order valence-electron chi connectivity index (χ3n) is 2.04. The van der Waals surface area contributed by atoms with Crippen molar-refractivity contribution in [1.29, 1.82) is 0 Å². The molecule has 1 heterocycles. The second-order valence-corrected chi connectivity index (χ2v) is 4.84. The quantitative estimate of drug-likeness (QED) is 0.462. The zero-order chi connectivity index (χ0) is 14.0. The van der Waals surface area contributed by atoms with Gasteiger partial charge in [0, 0.05) is 11.1 Å². The van der Waals surface area contributed by atoms with Gasteiger partial charge in [0.2, 0.25) is 11.6 Å². The van der Waals surface area contributed by atoms with Crippen molar-refractivity contribution in [3.8, 4) is 11.6 Å². The van der Waals surface area contributed by atoms with E-state index in [1.54, 1.807) is 0 Å². The Morgan fingerprint density at radius 2 is 2.05 bits per heavy atom. The molecule has 0 spiro atoms. The molecule has 0 aliphatic carbocycles. The van der Waals surface area contributed by atoms with Gasteiger partial charge in [0.1, 0.15) is 10.8 Å². The average Bonchev–Trinajstić information content (AvgIpc) is 2.36.